The van der Waals surface area contributed by atoms with Crippen molar-refractivity contribution < 1.29 is 19.0 Å². The maximum absolute atomic E-state index is 15.2. The maximum atomic E-state index is 15.2. The Morgan fingerprint density at radius 3 is 2.62 bits per heavy atom. The van der Waals surface area contributed by atoms with E-state index in [1.807, 2.05) is 30.3 Å². The molecule has 0 unspecified atom stereocenters. The lowest BCUT2D eigenvalue weighted by molar-refractivity contribution is 0.227. The highest BCUT2D eigenvalue weighted by molar-refractivity contribution is 5.98. The fraction of sp³-hybridized carbons (Fsp3) is 0.250. The van der Waals surface area contributed by atoms with E-state index >= 15 is 4.39 Å². The minimum Gasteiger partial charge on any atom is -0.512 e. The maximum Gasteiger partial charge on any atom is 0.349 e. The van der Waals surface area contributed by atoms with Crippen molar-refractivity contribution >= 4 is 22.6 Å². The molecule has 2 heterocycles. The number of benzene rings is 2. The first-order chi connectivity index (χ1) is 15.4. The molecule has 32 heavy (non-hydrogen) atoms. The zero-order valence-corrected chi connectivity index (χ0v) is 18.4. The third kappa shape index (κ3) is 3.47. The summed E-state index contributed by atoms with van der Waals surface area (Å²) in [5, 5.41) is 11.3. The lowest BCUT2D eigenvalue weighted by Crippen LogP contribution is -2.35. The summed E-state index contributed by atoms with van der Waals surface area (Å²) in [4.78, 5) is 18.8. The van der Waals surface area contributed by atoms with Gasteiger partial charge in [0.25, 0.3) is 0 Å². The minimum atomic E-state index is -0.604. The van der Waals surface area contributed by atoms with Crippen molar-refractivity contribution in [1.82, 2.24) is 15.3 Å². The van der Waals surface area contributed by atoms with Crippen molar-refractivity contribution in [1.29, 1.82) is 0 Å². The summed E-state index contributed by atoms with van der Waals surface area (Å²) in [7, 11) is 1.60. The van der Waals surface area contributed by atoms with Gasteiger partial charge in [0.1, 0.15) is 17.7 Å². The van der Waals surface area contributed by atoms with Crippen LogP contribution in [0.2, 0.25) is 0 Å². The van der Waals surface area contributed by atoms with Crippen LogP contribution in [0.3, 0.4) is 0 Å². The van der Waals surface area contributed by atoms with Crippen molar-refractivity contribution in [3.05, 3.63) is 65.9 Å². The Labute approximate surface area is 185 Å². The molecular weight excluding hydrogens is 411 g/mol. The van der Waals surface area contributed by atoms with Crippen LogP contribution in [0, 0.1) is 5.82 Å². The van der Waals surface area contributed by atoms with Gasteiger partial charge in [-0.1, -0.05) is 26.0 Å². The Morgan fingerprint density at radius 1 is 1.25 bits per heavy atom. The standard InChI is InChI=1S/C24H25FN4O3/c1-5-28-23(13-30)27-29(24(28)31)21-11-17-16(14(2)3)10-19(26-20(17)12-18(21)25)15-8-6-7-9-22(15)32-4/h6-14,27,30H,5H2,1-4H3. The summed E-state index contributed by atoms with van der Waals surface area (Å²) in [6, 6.07) is 12.0. The molecule has 0 saturated carbocycles. The van der Waals surface area contributed by atoms with E-state index in [0.29, 0.717) is 23.5 Å². The predicted octanol–water partition coefficient (Wildman–Crippen LogP) is 5.30. The van der Waals surface area contributed by atoms with E-state index in [0.717, 1.165) is 27.8 Å². The number of hydrogen-bond donors (Lipinski definition) is 2. The Hall–Kier alpha value is -3.81. The molecule has 1 aliphatic heterocycles. The highest BCUT2D eigenvalue weighted by Crippen LogP contribution is 2.36. The second-order valence-corrected chi connectivity index (χ2v) is 7.76. The van der Waals surface area contributed by atoms with Gasteiger partial charge in [-0.3, -0.25) is 10.3 Å². The average Bonchev–Trinajstić information content (AvgIpc) is 3.12. The topological polar surface area (TPSA) is 77.9 Å². The van der Waals surface area contributed by atoms with Crippen LogP contribution in [-0.4, -0.2) is 34.7 Å². The van der Waals surface area contributed by atoms with Crippen molar-refractivity contribution in [3.63, 3.8) is 0 Å². The molecule has 2 aromatic carbocycles. The Morgan fingerprint density at radius 2 is 2.00 bits per heavy atom. The monoisotopic (exact) mass is 436 g/mol. The number of carbonyl (C=O) groups is 1. The van der Waals surface area contributed by atoms with Crippen molar-refractivity contribution in [3.8, 4) is 17.0 Å². The van der Waals surface area contributed by atoms with E-state index in [2.05, 4.69) is 19.3 Å². The highest BCUT2D eigenvalue weighted by Gasteiger charge is 2.35. The number of para-hydroxylation sites is 1. The molecule has 8 heteroatoms. The molecule has 0 atom stereocenters. The molecule has 1 aliphatic rings. The van der Waals surface area contributed by atoms with Gasteiger partial charge in [0, 0.05) is 23.6 Å². The second kappa shape index (κ2) is 8.37. The number of hydrazine groups is 1. The number of anilines is 1. The first-order valence-electron chi connectivity index (χ1n) is 10.4. The molecule has 166 valence electrons. The summed E-state index contributed by atoms with van der Waals surface area (Å²) in [6.07, 6.45) is 0.793. The number of amides is 2. The molecule has 7 nitrogen and oxygen atoms in total. The van der Waals surface area contributed by atoms with E-state index in [1.165, 1.54) is 11.0 Å². The number of pyridine rings is 1. The van der Waals surface area contributed by atoms with E-state index in [4.69, 9.17) is 9.72 Å². The molecule has 0 aliphatic carbocycles. The highest BCUT2D eigenvalue weighted by atomic mass is 19.1. The summed E-state index contributed by atoms with van der Waals surface area (Å²) < 4.78 is 20.7. The van der Waals surface area contributed by atoms with Gasteiger partial charge >= 0.3 is 6.03 Å². The molecule has 0 spiro atoms. The summed E-state index contributed by atoms with van der Waals surface area (Å²) in [5.41, 5.74) is 5.77. The van der Waals surface area contributed by atoms with Crippen LogP contribution in [0.5, 0.6) is 5.75 Å². The van der Waals surface area contributed by atoms with Gasteiger partial charge in [-0.15, -0.1) is 0 Å². The molecule has 3 aromatic rings. The number of hydrogen-bond acceptors (Lipinski definition) is 5. The SMILES string of the molecule is CCN1C(=O)N(c2cc3c(C(C)C)cc(-c4ccccc4OC)nc3cc2F)NC1=CO. The van der Waals surface area contributed by atoms with Crippen LogP contribution in [0.1, 0.15) is 32.3 Å². The van der Waals surface area contributed by atoms with Gasteiger partial charge in [0.2, 0.25) is 0 Å². The number of nitrogens with one attached hydrogen (secondary N) is 1. The number of methoxy groups -OCH3 is 1. The van der Waals surface area contributed by atoms with E-state index in [-0.39, 0.29) is 17.4 Å². The summed E-state index contributed by atoms with van der Waals surface area (Å²) >= 11 is 0. The summed E-state index contributed by atoms with van der Waals surface area (Å²) in [6.45, 7) is 6.19. The number of nitrogens with zero attached hydrogens (tertiary/aromatic N) is 3. The lowest BCUT2D eigenvalue weighted by atomic mass is 9.95. The fourth-order valence-corrected chi connectivity index (χ4v) is 3.92. The van der Waals surface area contributed by atoms with Crippen LogP contribution < -0.4 is 15.2 Å². The largest absolute Gasteiger partial charge is 0.512 e. The zero-order valence-electron chi connectivity index (χ0n) is 18.4. The van der Waals surface area contributed by atoms with Gasteiger partial charge in [-0.25, -0.2) is 19.2 Å². The quantitative estimate of drug-likeness (QED) is 0.531. The first kappa shape index (κ1) is 21.4. The number of rotatable bonds is 5. The van der Waals surface area contributed by atoms with E-state index in [9.17, 15) is 9.90 Å². The molecule has 0 bridgehead atoms. The number of carbonyl (C=O) groups excluding carboxylic acids is 1. The molecule has 1 fully saturated rings. The third-order valence-electron chi connectivity index (χ3n) is 5.53. The van der Waals surface area contributed by atoms with E-state index in [1.54, 1.807) is 20.1 Å². The van der Waals surface area contributed by atoms with Crippen LogP contribution in [-0.2, 0) is 0 Å². The number of aromatic nitrogens is 1. The van der Waals surface area contributed by atoms with Gasteiger partial charge < -0.3 is 9.84 Å². The first-order valence-corrected chi connectivity index (χ1v) is 10.4. The van der Waals surface area contributed by atoms with E-state index < -0.39 is 11.8 Å². The lowest BCUT2D eigenvalue weighted by Gasteiger charge is -2.19. The van der Waals surface area contributed by atoms with Gasteiger partial charge in [-0.2, -0.15) is 0 Å². The Balaban J connectivity index is 1.89. The van der Waals surface area contributed by atoms with Crippen molar-refractivity contribution in [2.45, 2.75) is 26.7 Å². The number of halogens is 1. The number of aliphatic hydroxyl groups excluding tert-OH is 1. The number of fused-ring (bicyclic) bond motifs is 1. The van der Waals surface area contributed by atoms with Crippen LogP contribution in [0.4, 0.5) is 14.9 Å². The molecule has 2 N–H and O–H groups in total. The molecule has 1 aromatic heterocycles. The van der Waals surface area contributed by atoms with Gasteiger partial charge in [-0.05, 0) is 42.7 Å². The van der Waals surface area contributed by atoms with Gasteiger partial charge in [0.15, 0.2) is 11.6 Å². The number of urea groups is 1. The zero-order chi connectivity index (χ0) is 23.0. The molecule has 4 rings (SSSR count). The molecule has 2 amide bonds. The van der Waals surface area contributed by atoms with Crippen molar-refractivity contribution in [2.24, 2.45) is 0 Å². The average molecular weight is 436 g/mol. The number of aliphatic hydroxyl groups is 1. The normalized spacial score (nSPS) is 15.2. The Bertz CT molecular complexity index is 1230. The second-order valence-electron chi connectivity index (χ2n) is 7.76. The molecular formula is C24H25FN4O3. The smallest absolute Gasteiger partial charge is 0.349 e. The molecule has 0 radical (unpaired) electrons. The van der Waals surface area contributed by atoms with Crippen LogP contribution >= 0.6 is 0 Å². The molecule has 1 saturated heterocycles. The van der Waals surface area contributed by atoms with Crippen LogP contribution in [0.15, 0.2) is 54.5 Å². The predicted molar refractivity (Wildman–Crippen MR) is 122 cm³/mol. The van der Waals surface area contributed by atoms with Crippen molar-refractivity contribution in [2.75, 3.05) is 18.7 Å². The van der Waals surface area contributed by atoms with Gasteiger partial charge in [0.05, 0.1) is 18.3 Å². The summed E-state index contributed by atoms with van der Waals surface area (Å²) in [5.74, 6) is 0.384. The number of ether oxygens (including phenoxy) is 1. The van der Waals surface area contributed by atoms with Crippen LogP contribution in [0.25, 0.3) is 22.2 Å². The fourth-order valence-electron chi connectivity index (χ4n) is 3.92. The third-order valence-corrected chi connectivity index (χ3v) is 5.53. The minimum absolute atomic E-state index is 0.0616. The Kier molecular flexibility index (Phi) is 5.61.